The Bertz CT molecular complexity index is 683. The molecule has 0 aromatic carbocycles. The third-order valence-corrected chi connectivity index (χ3v) is 4.98. The van der Waals surface area contributed by atoms with Crippen molar-refractivity contribution in [3.05, 3.63) is 11.6 Å². The van der Waals surface area contributed by atoms with E-state index in [1.165, 1.54) is 0 Å². The topological polar surface area (TPSA) is 78.4 Å². The van der Waals surface area contributed by atoms with Crippen molar-refractivity contribution < 1.29 is 14.1 Å². The fourth-order valence-electron chi connectivity index (χ4n) is 2.92. The monoisotopic (exact) mass is 350 g/mol. The molecule has 9 heteroatoms. The molecule has 3 heterocycles. The first-order chi connectivity index (χ1) is 11.7. The molecule has 4 bridgehead atoms. The maximum Gasteiger partial charge on any atom is 0.300 e. The quantitative estimate of drug-likeness (QED) is 0.603. The van der Waals surface area contributed by atoms with Crippen molar-refractivity contribution in [2.45, 2.75) is 64.5 Å². The van der Waals surface area contributed by atoms with Crippen LogP contribution in [0.4, 0.5) is 0 Å². The lowest BCUT2D eigenvalue weighted by Crippen LogP contribution is -2.40. The summed E-state index contributed by atoms with van der Waals surface area (Å²) in [6.45, 7) is 9.92. The van der Waals surface area contributed by atoms with Crippen molar-refractivity contribution in [2.75, 3.05) is 13.2 Å². The summed E-state index contributed by atoms with van der Waals surface area (Å²) in [5.41, 5.74) is -0.376. The largest absolute Gasteiger partial charge is 0.380 e. The Labute approximate surface area is 148 Å². The summed E-state index contributed by atoms with van der Waals surface area (Å²) in [5.74, 6) is 1.88. The Morgan fingerprint density at radius 3 is 1.60 bits per heavy atom. The van der Waals surface area contributed by atoms with E-state index >= 15 is 0 Å². The molecule has 0 unspecified atom stereocenters. The fraction of sp³-hybridized carbons (Fsp3) is 0.875. The lowest BCUT2D eigenvalue weighted by Gasteiger charge is -2.23. The van der Waals surface area contributed by atoms with Gasteiger partial charge in [0.2, 0.25) is 0 Å². The van der Waals surface area contributed by atoms with Crippen LogP contribution in [-0.2, 0) is 42.8 Å². The molecule has 0 saturated heterocycles. The Balaban J connectivity index is 1.92. The zero-order chi connectivity index (χ0) is 18.2. The van der Waals surface area contributed by atoms with E-state index in [9.17, 15) is 0 Å². The van der Waals surface area contributed by atoms with Crippen LogP contribution < -0.4 is 9.36 Å². The normalized spacial score (nSPS) is 20.7. The molecule has 0 radical (unpaired) electrons. The second-order valence-electron chi connectivity index (χ2n) is 8.07. The molecule has 0 amide bonds. The van der Waals surface area contributed by atoms with E-state index in [-0.39, 0.29) is 11.1 Å². The number of aromatic nitrogens is 8. The van der Waals surface area contributed by atoms with Gasteiger partial charge in [-0.15, -0.1) is 9.36 Å². The summed E-state index contributed by atoms with van der Waals surface area (Å²) in [6.07, 6.45) is 3.34. The minimum absolute atomic E-state index is 0.188. The first-order valence-corrected chi connectivity index (χ1v) is 8.93. The van der Waals surface area contributed by atoms with Gasteiger partial charge in [-0.1, -0.05) is 0 Å². The van der Waals surface area contributed by atoms with Gasteiger partial charge >= 0.3 is 11.6 Å². The van der Waals surface area contributed by atoms with Crippen LogP contribution in [0.2, 0.25) is 0 Å². The number of rotatable bonds is 0. The summed E-state index contributed by atoms with van der Waals surface area (Å²) in [4.78, 5) is 3.67. The third-order valence-electron chi connectivity index (χ3n) is 4.98. The van der Waals surface area contributed by atoms with Crippen molar-refractivity contribution in [3.8, 4) is 0 Å². The molecule has 9 nitrogen and oxygen atoms in total. The Hall–Kier alpha value is -1.90. The minimum Gasteiger partial charge on any atom is -0.380 e. The number of nitrogens with zero attached hydrogens (tertiary/aromatic N) is 8. The van der Waals surface area contributed by atoms with Crippen LogP contribution in [0, 0.1) is 0 Å². The lowest BCUT2D eigenvalue weighted by molar-refractivity contribution is -0.740. The number of ether oxygens (including phenoxy) is 1. The highest BCUT2D eigenvalue weighted by molar-refractivity contribution is 4.82. The molecule has 0 spiro atoms. The van der Waals surface area contributed by atoms with Gasteiger partial charge in [0, 0.05) is 0 Å². The van der Waals surface area contributed by atoms with Gasteiger partial charge in [0.1, 0.15) is 11.1 Å². The highest BCUT2D eigenvalue weighted by atomic mass is 16.5. The highest BCUT2D eigenvalue weighted by Gasteiger charge is 2.38. The van der Waals surface area contributed by atoms with E-state index in [2.05, 4.69) is 38.1 Å². The van der Waals surface area contributed by atoms with Gasteiger partial charge in [-0.25, -0.2) is 0 Å². The van der Waals surface area contributed by atoms with Gasteiger partial charge in [0.25, 0.3) is 0 Å². The molecule has 1 aliphatic heterocycles. The number of fused-ring (bicyclic) bond motifs is 4. The summed E-state index contributed by atoms with van der Waals surface area (Å²) in [7, 11) is 3.88. The van der Waals surface area contributed by atoms with Crippen molar-refractivity contribution in [1.29, 1.82) is 0 Å². The average molecular weight is 350 g/mol. The van der Waals surface area contributed by atoms with Crippen LogP contribution in [0.15, 0.2) is 0 Å². The highest BCUT2D eigenvalue weighted by Crippen LogP contribution is 2.27. The zero-order valence-corrected chi connectivity index (χ0v) is 16.2. The zero-order valence-electron chi connectivity index (χ0n) is 16.2. The van der Waals surface area contributed by atoms with Crippen LogP contribution in [0.3, 0.4) is 0 Å². The predicted octanol–water partition coefficient (Wildman–Crippen LogP) is -0.416. The fourth-order valence-corrected chi connectivity index (χ4v) is 2.92. The molecule has 0 aliphatic carbocycles. The van der Waals surface area contributed by atoms with E-state index in [0.29, 0.717) is 13.2 Å². The maximum atomic E-state index is 5.78. The van der Waals surface area contributed by atoms with Gasteiger partial charge in [-0.2, -0.15) is 0 Å². The summed E-state index contributed by atoms with van der Waals surface area (Å²) in [5, 5.41) is 18.5. The van der Waals surface area contributed by atoms with Crippen LogP contribution in [-0.4, -0.2) is 43.4 Å². The minimum atomic E-state index is -0.188. The molecule has 3 rings (SSSR count). The predicted molar refractivity (Wildman–Crippen MR) is 88.5 cm³/mol. The number of hydrogen-bond acceptors (Lipinski definition) is 5. The number of tetrazole rings is 2. The van der Waals surface area contributed by atoms with Gasteiger partial charge in [0.15, 0.2) is 0 Å². The summed E-state index contributed by atoms with van der Waals surface area (Å²) < 4.78 is 9.48. The molecule has 138 valence electrons. The van der Waals surface area contributed by atoms with Crippen LogP contribution >= 0.6 is 0 Å². The molecule has 1 aliphatic rings. The first-order valence-electron chi connectivity index (χ1n) is 8.93. The van der Waals surface area contributed by atoms with Gasteiger partial charge < -0.3 is 4.74 Å². The molecule has 0 saturated carbocycles. The number of hydrogen-bond donors (Lipinski definition) is 0. The SMILES string of the molecule is C[n+]1nn2nc1CCOCCc1nn(n[n+]1C)C(C)(C)CCC2(C)C. The third kappa shape index (κ3) is 3.70. The maximum absolute atomic E-state index is 5.78. The average Bonchev–Trinajstić information content (AvgIpc) is 3.09. The Kier molecular flexibility index (Phi) is 4.61. The molecular weight excluding hydrogens is 320 g/mol. The summed E-state index contributed by atoms with van der Waals surface area (Å²) in [6, 6.07) is 0. The van der Waals surface area contributed by atoms with Gasteiger partial charge in [-0.3, -0.25) is 0 Å². The Morgan fingerprint density at radius 2 is 1.20 bits per heavy atom. The first kappa shape index (κ1) is 17.9. The molecule has 0 N–H and O–H groups in total. The van der Waals surface area contributed by atoms with Crippen LogP contribution in [0.5, 0.6) is 0 Å². The van der Waals surface area contributed by atoms with Crippen molar-refractivity contribution in [2.24, 2.45) is 14.1 Å². The van der Waals surface area contributed by atoms with Gasteiger partial charge in [-0.05, 0) is 50.1 Å². The lowest BCUT2D eigenvalue weighted by atomic mass is 9.90. The molecule has 25 heavy (non-hydrogen) atoms. The van der Waals surface area contributed by atoms with E-state index in [4.69, 9.17) is 14.9 Å². The van der Waals surface area contributed by atoms with Gasteiger partial charge in [0.05, 0.1) is 60.8 Å². The Morgan fingerprint density at radius 1 is 0.800 bits per heavy atom. The molecule has 2 aromatic heterocycles. The molecule has 0 fully saturated rings. The molecule has 2 aromatic rings. The van der Waals surface area contributed by atoms with E-state index in [0.717, 1.165) is 37.3 Å². The second-order valence-corrected chi connectivity index (χ2v) is 8.07. The van der Waals surface area contributed by atoms with Crippen molar-refractivity contribution in [1.82, 2.24) is 30.2 Å². The van der Waals surface area contributed by atoms with Crippen LogP contribution in [0.25, 0.3) is 0 Å². The van der Waals surface area contributed by atoms with Crippen molar-refractivity contribution >= 4 is 0 Å². The van der Waals surface area contributed by atoms with Crippen molar-refractivity contribution in [3.63, 3.8) is 0 Å². The second kappa shape index (κ2) is 6.44. The van der Waals surface area contributed by atoms with E-state index in [1.807, 2.05) is 33.1 Å². The number of aryl methyl sites for hydroxylation is 2. The molecular formula is C16H30N8O+2. The molecule has 0 atom stereocenters. The standard InChI is InChI=1S/C16H30N8O/c1-15(2)9-10-16(3,4)24-18-14(22(6)20-24)8-12-25-11-7-13-17-23(15)19-21(13)5/h7-12H2,1-6H3/q+2. The van der Waals surface area contributed by atoms with E-state index < -0.39 is 0 Å². The van der Waals surface area contributed by atoms with Crippen LogP contribution in [0.1, 0.15) is 52.2 Å². The summed E-state index contributed by atoms with van der Waals surface area (Å²) >= 11 is 0. The smallest absolute Gasteiger partial charge is 0.300 e. The van der Waals surface area contributed by atoms with E-state index in [1.54, 1.807) is 0 Å².